The quantitative estimate of drug-likeness (QED) is 0.313. The lowest BCUT2D eigenvalue weighted by molar-refractivity contribution is -0.201. The molecule has 0 aromatic carbocycles. The van der Waals surface area contributed by atoms with Gasteiger partial charge in [0.1, 0.15) is 0 Å². The Morgan fingerprint density at radius 1 is 1.00 bits per heavy atom. The first-order valence-corrected chi connectivity index (χ1v) is 14.0. The largest absolute Gasteiger partial charge is 0.481 e. The van der Waals surface area contributed by atoms with Crippen LogP contribution in [0.15, 0.2) is 0 Å². The molecule has 178 valence electrons. The lowest BCUT2D eigenvalue weighted by atomic mass is 9.41. The van der Waals surface area contributed by atoms with Crippen molar-refractivity contribution in [2.24, 2.45) is 52.3 Å². The summed E-state index contributed by atoms with van der Waals surface area (Å²) in [5, 5.41) is 31.5. The number of rotatable bonds is 5. The number of carbonyl (C=O) groups is 1. The summed E-state index contributed by atoms with van der Waals surface area (Å²) in [5.41, 5.74) is 0.443. The van der Waals surface area contributed by atoms with Gasteiger partial charge < -0.3 is 15.3 Å². The van der Waals surface area contributed by atoms with E-state index in [0.29, 0.717) is 39.4 Å². The van der Waals surface area contributed by atoms with Crippen LogP contribution >= 0.6 is 22.6 Å². The van der Waals surface area contributed by atoms with Gasteiger partial charge >= 0.3 is 5.97 Å². The Hall–Kier alpha value is 0.120. The van der Waals surface area contributed by atoms with Crippen molar-refractivity contribution in [3.63, 3.8) is 0 Å². The fourth-order valence-corrected chi connectivity index (χ4v) is 10.4. The summed E-state index contributed by atoms with van der Waals surface area (Å²) in [4.78, 5) is 11.2. The molecule has 0 radical (unpaired) electrons. The molecule has 4 fully saturated rings. The van der Waals surface area contributed by atoms with E-state index < -0.39 is 5.97 Å². The van der Waals surface area contributed by atoms with Crippen LogP contribution in [0.5, 0.6) is 0 Å². The Kier molecular flexibility index (Phi) is 6.82. The maximum absolute atomic E-state index is 11.9. The third-order valence-electron chi connectivity index (χ3n) is 10.9. The minimum absolute atomic E-state index is 0.209. The Morgan fingerprint density at radius 2 is 1.65 bits per heavy atom. The zero-order valence-corrected chi connectivity index (χ0v) is 21.9. The molecular weight excluding hydrogens is 503 g/mol. The molecule has 12 atom stereocenters. The Morgan fingerprint density at radius 3 is 2.29 bits per heavy atom. The molecule has 0 aromatic heterocycles. The zero-order chi connectivity index (χ0) is 22.7. The summed E-state index contributed by atoms with van der Waals surface area (Å²) in [7, 11) is 0. The predicted octanol–water partition coefficient (Wildman–Crippen LogP) is 5.53. The van der Waals surface area contributed by atoms with Gasteiger partial charge in [0.15, 0.2) is 0 Å². The molecule has 4 aliphatic carbocycles. The van der Waals surface area contributed by atoms with Gasteiger partial charge in [-0.3, -0.25) is 4.79 Å². The molecule has 3 N–H and O–H groups in total. The van der Waals surface area contributed by atoms with Crippen LogP contribution in [0.3, 0.4) is 0 Å². The molecule has 0 bridgehead atoms. The highest BCUT2D eigenvalue weighted by Gasteiger charge is 2.65. The van der Waals surface area contributed by atoms with Crippen LogP contribution in [0.1, 0.15) is 85.5 Å². The van der Waals surface area contributed by atoms with Gasteiger partial charge in [0, 0.05) is 16.3 Å². The summed E-state index contributed by atoms with van der Waals surface area (Å²) in [6.07, 6.45) is 8.16. The number of aliphatic hydroxyl groups is 2. The molecule has 4 rings (SSSR count). The first-order valence-electron chi connectivity index (χ1n) is 12.7. The van der Waals surface area contributed by atoms with E-state index in [2.05, 4.69) is 50.3 Å². The van der Waals surface area contributed by atoms with E-state index in [1.165, 1.54) is 25.7 Å². The Labute approximate surface area is 202 Å². The SMILES string of the molecule is CC(I)[C@@H]1C2C[C@H](O)CC[C@]2(C)C2CC[C@@]3(C)C(CCC3[C@H](C)CCC(=O)O)C2[C@@H]1O. The van der Waals surface area contributed by atoms with Gasteiger partial charge in [-0.25, -0.2) is 0 Å². The molecule has 5 heteroatoms. The van der Waals surface area contributed by atoms with Crippen LogP contribution in [-0.4, -0.2) is 37.4 Å². The van der Waals surface area contributed by atoms with Crippen molar-refractivity contribution in [1.29, 1.82) is 0 Å². The van der Waals surface area contributed by atoms with Crippen molar-refractivity contribution in [3.8, 4) is 0 Å². The number of hydrogen-bond donors (Lipinski definition) is 3. The summed E-state index contributed by atoms with van der Waals surface area (Å²) < 4.78 is 0.392. The van der Waals surface area contributed by atoms with Crippen LogP contribution in [-0.2, 0) is 4.79 Å². The van der Waals surface area contributed by atoms with Gasteiger partial charge in [0.25, 0.3) is 0 Å². The van der Waals surface area contributed by atoms with Gasteiger partial charge in [-0.2, -0.15) is 0 Å². The van der Waals surface area contributed by atoms with Crippen molar-refractivity contribution in [2.75, 3.05) is 0 Å². The number of carboxylic acid groups (broad SMARTS) is 1. The van der Waals surface area contributed by atoms with Crippen molar-refractivity contribution in [1.82, 2.24) is 0 Å². The molecule has 4 aliphatic rings. The average molecular weight is 547 g/mol. The number of halogens is 1. The minimum Gasteiger partial charge on any atom is -0.481 e. The highest BCUT2D eigenvalue weighted by atomic mass is 127. The van der Waals surface area contributed by atoms with Gasteiger partial charge in [0.05, 0.1) is 12.2 Å². The number of aliphatic carboxylic acids is 1. The maximum Gasteiger partial charge on any atom is 0.303 e. The molecule has 0 aliphatic heterocycles. The van der Waals surface area contributed by atoms with E-state index in [0.717, 1.165) is 25.7 Å². The summed E-state index contributed by atoms with van der Waals surface area (Å²) >= 11 is 2.52. The maximum atomic E-state index is 11.9. The first-order chi connectivity index (χ1) is 14.5. The second-order valence-corrected chi connectivity index (χ2v) is 14.2. The molecule has 31 heavy (non-hydrogen) atoms. The summed E-state index contributed by atoms with van der Waals surface area (Å²) in [6.45, 7) is 9.48. The summed E-state index contributed by atoms with van der Waals surface area (Å²) in [6, 6.07) is 0. The number of alkyl halides is 1. The van der Waals surface area contributed by atoms with Crippen molar-refractivity contribution in [3.05, 3.63) is 0 Å². The van der Waals surface area contributed by atoms with Gasteiger partial charge in [-0.05, 0) is 97.7 Å². The number of fused-ring (bicyclic) bond motifs is 5. The second kappa shape index (κ2) is 8.72. The Bertz CT molecular complexity index is 682. The molecule has 6 unspecified atom stereocenters. The molecule has 0 spiro atoms. The van der Waals surface area contributed by atoms with Gasteiger partial charge in [-0.15, -0.1) is 0 Å². The Balaban J connectivity index is 1.64. The third-order valence-corrected chi connectivity index (χ3v) is 11.8. The number of hydrogen-bond acceptors (Lipinski definition) is 3. The fraction of sp³-hybridized carbons (Fsp3) is 0.962. The van der Waals surface area contributed by atoms with Gasteiger partial charge in [-0.1, -0.05) is 50.3 Å². The lowest BCUT2D eigenvalue weighted by Gasteiger charge is -2.65. The monoisotopic (exact) mass is 546 g/mol. The highest BCUT2D eigenvalue weighted by Crippen LogP contribution is 2.69. The third kappa shape index (κ3) is 3.90. The highest BCUT2D eigenvalue weighted by molar-refractivity contribution is 14.1. The van der Waals surface area contributed by atoms with E-state index in [1.54, 1.807) is 0 Å². The second-order valence-electron chi connectivity index (χ2n) is 12.2. The topological polar surface area (TPSA) is 77.8 Å². The smallest absolute Gasteiger partial charge is 0.303 e. The van der Waals surface area contributed by atoms with Crippen LogP contribution in [0.2, 0.25) is 0 Å². The van der Waals surface area contributed by atoms with Gasteiger partial charge in [0.2, 0.25) is 0 Å². The van der Waals surface area contributed by atoms with E-state index in [9.17, 15) is 20.1 Å². The zero-order valence-electron chi connectivity index (χ0n) is 19.8. The van der Waals surface area contributed by atoms with E-state index in [1.807, 2.05) is 0 Å². The van der Waals surface area contributed by atoms with E-state index in [4.69, 9.17) is 0 Å². The molecule has 4 saturated carbocycles. The van der Waals surface area contributed by atoms with E-state index in [-0.39, 0.29) is 35.4 Å². The summed E-state index contributed by atoms with van der Waals surface area (Å²) in [5.74, 6) is 2.43. The number of carboxylic acids is 1. The first kappa shape index (κ1) is 24.3. The standard InChI is InChI=1S/C26H43IO4/c1-14(5-8-21(29)30)17-6-7-18-23-19(10-12-25(17,18)3)26(4)11-9-16(28)13-20(26)22(15(2)27)24(23)31/h14-20,22-24,28,31H,5-13H2,1-4H3,(H,29,30)/t14-,15?,16-,17?,18?,19?,20?,22-,23?,24-,25-,26-/m1/s1. The van der Waals surface area contributed by atoms with E-state index >= 15 is 0 Å². The molecule has 0 amide bonds. The molecule has 4 nitrogen and oxygen atoms in total. The lowest BCUT2D eigenvalue weighted by Crippen LogP contribution is -2.63. The molecule has 0 aromatic rings. The van der Waals surface area contributed by atoms with Crippen molar-refractivity contribution >= 4 is 28.6 Å². The molecular formula is C26H43IO4. The average Bonchev–Trinajstić information content (AvgIpc) is 3.04. The van der Waals surface area contributed by atoms with Crippen LogP contribution < -0.4 is 0 Å². The minimum atomic E-state index is -0.685. The predicted molar refractivity (Wildman–Crippen MR) is 131 cm³/mol. The molecule has 0 saturated heterocycles. The van der Waals surface area contributed by atoms with Crippen molar-refractivity contribution < 1.29 is 20.1 Å². The molecule has 0 heterocycles. The van der Waals surface area contributed by atoms with Crippen LogP contribution in [0.25, 0.3) is 0 Å². The van der Waals surface area contributed by atoms with Crippen LogP contribution in [0, 0.1) is 52.3 Å². The van der Waals surface area contributed by atoms with Crippen LogP contribution in [0.4, 0.5) is 0 Å². The van der Waals surface area contributed by atoms with Crippen molar-refractivity contribution in [2.45, 2.75) is 102 Å². The fourth-order valence-electron chi connectivity index (χ4n) is 9.45. The normalized spacial score (nSPS) is 51.3. The number of aliphatic hydroxyl groups excluding tert-OH is 2.